The second kappa shape index (κ2) is 9.93. The molecule has 0 aliphatic heterocycles. The number of hydrogen-bond donors (Lipinski definition) is 1. The Morgan fingerprint density at radius 1 is 1.14 bits per heavy atom. The predicted molar refractivity (Wildman–Crippen MR) is 90.9 cm³/mol. The van der Waals surface area contributed by atoms with Crippen LogP contribution >= 0.6 is 0 Å². The Balaban J connectivity index is 2.82. The molecule has 1 aromatic carbocycles. The number of ether oxygens (including phenoxy) is 1. The van der Waals surface area contributed by atoms with Crippen LogP contribution in [0.2, 0.25) is 0 Å². The van der Waals surface area contributed by atoms with E-state index in [1.54, 1.807) is 7.11 Å². The molecule has 0 bridgehead atoms. The first-order valence-corrected chi connectivity index (χ1v) is 8.13. The molecule has 0 saturated heterocycles. The van der Waals surface area contributed by atoms with Crippen molar-refractivity contribution in [3.8, 4) is 0 Å². The summed E-state index contributed by atoms with van der Waals surface area (Å²) in [6, 6.07) is 7.25. The van der Waals surface area contributed by atoms with Crippen molar-refractivity contribution < 1.29 is 4.74 Å². The number of nitrogens with one attached hydrogen (secondary N) is 1. The lowest BCUT2D eigenvalue weighted by Gasteiger charge is -2.28. The van der Waals surface area contributed by atoms with Crippen LogP contribution in [0.15, 0.2) is 18.2 Å². The standard InChI is InChI=1S/C18H32N2O/c1-6-8-19-18(14-20(7-2)9-10-21-5)17-12-15(3)11-16(4)13-17/h11-13,18-19H,6-10,14H2,1-5H3. The van der Waals surface area contributed by atoms with Gasteiger partial charge in [-0.1, -0.05) is 43.2 Å². The van der Waals surface area contributed by atoms with Crippen molar-refractivity contribution in [3.63, 3.8) is 0 Å². The Kier molecular flexibility index (Phi) is 8.58. The molecule has 0 fully saturated rings. The van der Waals surface area contributed by atoms with Crippen molar-refractivity contribution in [1.82, 2.24) is 10.2 Å². The quantitative estimate of drug-likeness (QED) is 0.716. The van der Waals surface area contributed by atoms with Gasteiger partial charge in [0.15, 0.2) is 0 Å². The van der Waals surface area contributed by atoms with Crippen LogP contribution in [0.4, 0.5) is 0 Å². The number of benzene rings is 1. The zero-order chi connectivity index (χ0) is 15.7. The van der Waals surface area contributed by atoms with Gasteiger partial charge in [0, 0.05) is 26.2 Å². The normalized spacial score (nSPS) is 12.9. The summed E-state index contributed by atoms with van der Waals surface area (Å²) in [6.45, 7) is 13.7. The van der Waals surface area contributed by atoms with E-state index in [0.717, 1.165) is 39.2 Å². The highest BCUT2D eigenvalue weighted by Crippen LogP contribution is 2.18. The van der Waals surface area contributed by atoms with Gasteiger partial charge in [-0.2, -0.15) is 0 Å². The second-order valence-electron chi connectivity index (χ2n) is 5.81. The van der Waals surface area contributed by atoms with E-state index in [9.17, 15) is 0 Å². The monoisotopic (exact) mass is 292 g/mol. The fourth-order valence-electron chi connectivity index (χ4n) is 2.67. The van der Waals surface area contributed by atoms with Gasteiger partial charge in [-0.05, 0) is 38.9 Å². The topological polar surface area (TPSA) is 24.5 Å². The summed E-state index contributed by atoms with van der Waals surface area (Å²) in [6.07, 6.45) is 1.16. The van der Waals surface area contributed by atoms with E-state index < -0.39 is 0 Å². The molecule has 1 atom stereocenters. The largest absolute Gasteiger partial charge is 0.383 e. The number of methoxy groups -OCH3 is 1. The molecule has 0 aliphatic rings. The van der Waals surface area contributed by atoms with Crippen LogP contribution in [-0.2, 0) is 4.74 Å². The van der Waals surface area contributed by atoms with Crippen molar-refractivity contribution >= 4 is 0 Å². The minimum Gasteiger partial charge on any atom is -0.383 e. The third kappa shape index (κ3) is 6.60. The molecule has 0 saturated carbocycles. The highest BCUT2D eigenvalue weighted by Gasteiger charge is 2.15. The summed E-state index contributed by atoms with van der Waals surface area (Å²) in [5.41, 5.74) is 4.08. The van der Waals surface area contributed by atoms with Crippen molar-refractivity contribution in [3.05, 3.63) is 34.9 Å². The molecule has 1 unspecified atom stereocenters. The van der Waals surface area contributed by atoms with E-state index in [1.807, 2.05) is 0 Å². The summed E-state index contributed by atoms with van der Waals surface area (Å²) in [7, 11) is 1.77. The van der Waals surface area contributed by atoms with Crippen LogP contribution in [0.1, 0.15) is 43.0 Å². The number of nitrogens with zero attached hydrogens (tertiary/aromatic N) is 1. The maximum atomic E-state index is 5.22. The summed E-state index contributed by atoms with van der Waals surface area (Å²) in [5.74, 6) is 0. The van der Waals surface area contributed by atoms with E-state index >= 15 is 0 Å². The summed E-state index contributed by atoms with van der Waals surface area (Å²) in [5, 5.41) is 3.70. The van der Waals surface area contributed by atoms with Crippen LogP contribution in [-0.4, -0.2) is 44.8 Å². The van der Waals surface area contributed by atoms with Crippen molar-refractivity contribution in [2.24, 2.45) is 0 Å². The molecule has 1 aromatic rings. The van der Waals surface area contributed by atoms with Crippen LogP contribution in [0, 0.1) is 13.8 Å². The van der Waals surface area contributed by atoms with E-state index in [1.165, 1.54) is 16.7 Å². The molecule has 0 radical (unpaired) electrons. The zero-order valence-electron chi connectivity index (χ0n) is 14.4. The third-order valence-electron chi connectivity index (χ3n) is 3.79. The van der Waals surface area contributed by atoms with Gasteiger partial charge in [0.25, 0.3) is 0 Å². The van der Waals surface area contributed by atoms with Gasteiger partial charge >= 0.3 is 0 Å². The molecule has 1 N–H and O–H groups in total. The number of likely N-dealkylation sites (N-methyl/N-ethyl adjacent to an activating group) is 1. The van der Waals surface area contributed by atoms with E-state index in [0.29, 0.717) is 6.04 Å². The molecule has 1 rings (SSSR count). The average molecular weight is 292 g/mol. The lowest BCUT2D eigenvalue weighted by molar-refractivity contribution is 0.144. The molecule has 3 nitrogen and oxygen atoms in total. The predicted octanol–water partition coefficient (Wildman–Crippen LogP) is 3.31. The summed E-state index contributed by atoms with van der Waals surface area (Å²) in [4.78, 5) is 2.45. The molecule has 0 amide bonds. The summed E-state index contributed by atoms with van der Waals surface area (Å²) >= 11 is 0. The van der Waals surface area contributed by atoms with Gasteiger partial charge in [-0.3, -0.25) is 4.90 Å². The second-order valence-corrected chi connectivity index (χ2v) is 5.81. The lowest BCUT2D eigenvalue weighted by atomic mass is 10.0. The molecule has 0 aromatic heterocycles. The van der Waals surface area contributed by atoms with Crippen LogP contribution in [0.25, 0.3) is 0 Å². The first kappa shape index (κ1) is 18.1. The molecule has 0 spiro atoms. The molecule has 21 heavy (non-hydrogen) atoms. The zero-order valence-corrected chi connectivity index (χ0v) is 14.4. The van der Waals surface area contributed by atoms with Crippen LogP contribution in [0.3, 0.4) is 0 Å². The van der Waals surface area contributed by atoms with E-state index in [-0.39, 0.29) is 0 Å². The Labute approximate surface area is 130 Å². The van der Waals surface area contributed by atoms with E-state index in [4.69, 9.17) is 4.74 Å². The Bertz CT molecular complexity index is 386. The Morgan fingerprint density at radius 2 is 1.81 bits per heavy atom. The first-order chi connectivity index (χ1) is 10.1. The number of hydrogen-bond acceptors (Lipinski definition) is 3. The average Bonchev–Trinajstić information content (AvgIpc) is 2.45. The molecule has 0 aliphatic carbocycles. The van der Waals surface area contributed by atoms with Gasteiger partial charge in [0.1, 0.15) is 0 Å². The molecule has 0 heterocycles. The van der Waals surface area contributed by atoms with Crippen molar-refractivity contribution in [2.45, 2.75) is 40.2 Å². The third-order valence-corrected chi connectivity index (χ3v) is 3.79. The minimum atomic E-state index is 0.389. The van der Waals surface area contributed by atoms with Crippen LogP contribution < -0.4 is 5.32 Å². The van der Waals surface area contributed by atoms with Gasteiger partial charge in [-0.15, -0.1) is 0 Å². The van der Waals surface area contributed by atoms with Gasteiger partial charge in [0.2, 0.25) is 0 Å². The maximum Gasteiger partial charge on any atom is 0.0589 e. The highest BCUT2D eigenvalue weighted by atomic mass is 16.5. The number of aryl methyl sites for hydroxylation is 2. The van der Waals surface area contributed by atoms with Gasteiger partial charge in [0.05, 0.1) is 6.61 Å². The van der Waals surface area contributed by atoms with Crippen LogP contribution in [0.5, 0.6) is 0 Å². The van der Waals surface area contributed by atoms with Crippen molar-refractivity contribution in [1.29, 1.82) is 0 Å². The van der Waals surface area contributed by atoms with Crippen molar-refractivity contribution in [2.75, 3.05) is 39.9 Å². The molecule has 3 heteroatoms. The van der Waals surface area contributed by atoms with Gasteiger partial charge < -0.3 is 10.1 Å². The highest BCUT2D eigenvalue weighted by molar-refractivity contribution is 5.31. The fourth-order valence-corrected chi connectivity index (χ4v) is 2.67. The maximum absolute atomic E-state index is 5.22. The molecule has 120 valence electrons. The SMILES string of the molecule is CCCNC(CN(CC)CCOC)c1cc(C)cc(C)c1. The van der Waals surface area contributed by atoms with Gasteiger partial charge in [-0.25, -0.2) is 0 Å². The van der Waals surface area contributed by atoms with E-state index in [2.05, 4.69) is 56.1 Å². The first-order valence-electron chi connectivity index (χ1n) is 8.13. The Morgan fingerprint density at radius 3 is 2.33 bits per heavy atom. The number of rotatable bonds is 10. The lowest BCUT2D eigenvalue weighted by Crippen LogP contribution is -2.37. The Hall–Kier alpha value is -0.900. The minimum absolute atomic E-state index is 0.389. The smallest absolute Gasteiger partial charge is 0.0589 e. The molecular weight excluding hydrogens is 260 g/mol. The summed E-state index contributed by atoms with van der Waals surface area (Å²) < 4.78 is 5.22. The molecular formula is C18H32N2O. The fraction of sp³-hybridized carbons (Fsp3) is 0.667.